The highest BCUT2D eigenvalue weighted by Crippen LogP contribution is 2.52. The second-order valence-corrected chi connectivity index (χ2v) is 11.7. The van der Waals surface area contributed by atoms with Gasteiger partial charge in [-0.15, -0.1) is 0 Å². The number of aliphatic hydroxyl groups is 1. The molecule has 2 atom stereocenters. The summed E-state index contributed by atoms with van der Waals surface area (Å²) in [6.07, 6.45) is 1.28. The number of carbonyl (C=O) groups is 3. The van der Waals surface area contributed by atoms with E-state index >= 15 is 4.39 Å². The molecule has 2 aliphatic heterocycles. The lowest BCUT2D eigenvalue weighted by Gasteiger charge is -2.53. The lowest BCUT2D eigenvalue weighted by molar-refractivity contribution is -0.146. The summed E-state index contributed by atoms with van der Waals surface area (Å²) in [5.74, 6) is -1.91. The van der Waals surface area contributed by atoms with Gasteiger partial charge in [-0.2, -0.15) is 0 Å². The second kappa shape index (κ2) is 9.91. The number of likely N-dealkylation sites (tertiary alicyclic amines) is 1. The van der Waals surface area contributed by atoms with E-state index in [0.29, 0.717) is 36.0 Å². The van der Waals surface area contributed by atoms with E-state index < -0.39 is 40.4 Å². The Morgan fingerprint density at radius 3 is 2.55 bits per heavy atom. The Bertz CT molecular complexity index is 1280. The molecule has 9 heteroatoms. The molecule has 3 amide bonds. The van der Waals surface area contributed by atoms with E-state index in [1.54, 1.807) is 50.8 Å². The number of nitrogens with zero attached hydrogens (tertiary/aromatic N) is 2. The third-order valence-corrected chi connectivity index (χ3v) is 8.34. The van der Waals surface area contributed by atoms with E-state index in [-0.39, 0.29) is 42.8 Å². The summed E-state index contributed by atoms with van der Waals surface area (Å²) in [7, 11) is 0. The highest BCUT2D eigenvalue weighted by atomic mass is 19.1. The maximum absolute atomic E-state index is 16.4. The van der Waals surface area contributed by atoms with Crippen LogP contribution in [0.15, 0.2) is 18.2 Å². The van der Waals surface area contributed by atoms with Crippen LogP contribution in [-0.4, -0.2) is 51.6 Å². The molecular formula is C29H38FN3O5. The predicted molar refractivity (Wildman–Crippen MR) is 141 cm³/mol. The van der Waals surface area contributed by atoms with Crippen molar-refractivity contribution in [1.29, 1.82) is 0 Å². The molecule has 206 valence electrons. The summed E-state index contributed by atoms with van der Waals surface area (Å²) in [5.41, 5.74) is -1.23. The van der Waals surface area contributed by atoms with Gasteiger partial charge in [-0.25, -0.2) is 9.18 Å². The number of pyridine rings is 1. The number of aryl methyl sites for hydroxylation is 1. The minimum absolute atomic E-state index is 0.148. The summed E-state index contributed by atoms with van der Waals surface area (Å²) in [6.45, 7) is 11.5. The molecule has 2 fully saturated rings. The van der Waals surface area contributed by atoms with Crippen molar-refractivity contribution in [2.24, 2.45) is 5.41 Å². The number of carbonyl (C=O) groups excluding carboxylic acids is 3. The molecule has 2 aliphatic rings. The van der Waals surface area contributed by atoms with Gasteiger partial charge in [-0.05, 0) is 71.1 Å². The van der Waals surface area contributed by atoms with E-state index in [2.05, 4.69) is 10.3 Å². The first-order chi connectivity index (χ1) is 17.7. The smallest absolute Gasteiger partial charge is 0.410 e. The van der Waals surface area contributed by atoms with Gasteiger partial charge in [0.15, 0.2) is 0 Å². The Labute approximate surface area is 222 Å². The van der Waals surface area contributed by atoms with Gasteiger partial charge >= 0.3 is 6.09 Å². The van der Waals surface area contributed by atoms with Crippen LogP contribution in [0.25, 0.3) is 10.9 Å². The SMILES string of the molecule is CCC1(CC)CN(C(=O)OC(C)(C)C)CCC1(O)c1ccc2nc(C)c(C3CCC(=O)NC3=O)cc2c1F. The molecule has 0 spiro atoms. The van der Waals surface area contributed by atoms with Gasteiger partial charge in [-0.1, -0.05) is 19.9 Å². The summed E-state index contributed by atoms with van der Waals surface area (Å²) in [4.78, 5) is 43.2. The topological polar surface area (TPSA) is 109 Å². The number of hydrogen-bond acceptors (Lipinski definition) is 6. The van der Waals surface area contributed by atoms with Crippen molar-refractivity contribution in [1.82, 2.24) is 15.2 Å². The Balaban J connectivity index is 1.77. The lowest BCUT2D eigenvalue weighted by atomic mass is 9.61. The van der Waals surface area contributed by atoms with E-state index in [4.69, 9.17) is 4.74 Å². The van der Waals surface area contributed by atoms with Gasteiger partial charge in [-0.3, -0.25) is 19.9 Å². The summed E-state index contributed by atoms with van der Waals surface area (Å²) >= 11 is 0. The average Bonchev–Trinajstić information content (AvgIpc) is 2.83. The van der Waals surface area contributed by atoms with Gasteiger partial charge < -0.3 is 14.7 Å². The molecular weight excluding hydrogens is 489 g/mol. The van der Waals surface area contributed by atoms with Crippen LogP contribution in [0.3, 0.4) is 0 Å². The fourth-order valence-electron chi connectivity index (χ4n) is 6.08. The van der Waals surface area contributed by atoms with Crippen molar-refractivity contribution in [3.8, 4) is 0 Å². The standard InChI is InChI=1S/C29H38FN3O5/c1-7-28(8-2)16-33(26(36)38-27(4,5)6)14-13-29(28,37)21-10-11-22-20(24(21)30)15-19(17(3)31-22)18-9-12-23(34)32-25(18)35/h10-11,15,18,37H,7-9,12-14,16H2,1-6H3,(H,32,34,35). The Kier molecular flexibility index (Phi) is 7.29. The molecule has 2 N–H and O–H groups in total. The van der Waals surface area contributed by atoms with Crippen LogP contribution in [-0.2, 0) is 19.9 Å². The third-order valence-electron chi connectivity index (χ3n) is 8.34. The zero-order valence-electron chi connectivity index (χ0n) is 23.1. The van der Waals surface area contributed by atoms with Crippen molar-refractivity contribution in [3.63, 3.8) is 0 Å². The number of rotatable bonds is 4. The van der Waals surface area contributed by atoms with Crippen molar-refractivity contribution in [2.75, 3.05) is 13.1 Å². The summed E-state index contributed by atoms with van der Waals surface area (Å²) < 4.78 is 22.0. The third kappa shape index (κ3) is 4.77. The van der Waals surface area contributed by atoms with Crippen molar-refractivity contribution in [3.05, 3.63) is 40.8 Å². The summed E-state index contributed by atoms with van der Waals surface area (Å²) in [6, 6.07) is 4.93. The van der Waals surface area contributed by atoms with Crippen molar-refractivity contribution < 1.29 is 28.6 Å². The number of hydrogen-bond donors (Lipinski definition) is 2. The quantitative estimate of drug-likeness (QED) is 0.551. The number of imide groups is 1. The molecule has 2 aromatic rings. The van der Waals surface area contributed by atoms with Crippen LogP contribution in [0.5, 0.6) is 0 Å². The molecule has 1 aromatic heterocycles. The largest absolute Gasteiger partial charge is 0.444 e. The van der Waals surface area contributed by atoms with E-state index in [9.17, 15) is 19.5 Å². The monoisotopic (exact) mass is 527 g/mol. The number of piperidine rings is 2. The van der Waals surface area contributed by atoms with Gasteiger partial charge in [0.05, 0.1) is 11.4 Å². The Morgan fingerprint density at radius 1 is 1.26 bits per heavy atom. The molecule has 0 radical (unpaired) electrons. The fourth-order valence-corrected chi connectivity index (χ4v) is 6.08. The maximum Gasteiger partial charge on any atom is 0.410 e. The van der Waals surface area contributed by atoms with Crippen molar-refractivity contribution >= 4 is 28.8 Å². The molecule has 4 rings (SSSR count). The predicted octanol–water partition coefficient (Wildman–Crippen LogP) is 4.84. The molecule has 8 nitrogen and oxygen atoms in total. The fraction of sp³-hybridized carbons (Fsp3) is 0.586. The van der Waals surface area contributed by atoms with Crippen LogP contribution in [0.2, 0.25) is 0 Å². The normalized spacial score (nSPS) is 23.9. The molecule has 1 aromatic carbocycles. The summed E-state index contributed by atoms with van der Waals surface area (Å²) in [5, 5.41) is 14.8. The number of ether oxygens (including phenoxy) is 1. The minimum atomic E-state index is -1.53. The zero-order chi connectivity index (χ0) is 28.0. The molecule has 38 heavy (non-hydrogen) atoms. The molecule has 0 aliphatic carbocycles. The van der Waals surface area contributed by atoms with Gasteiger partial charge in [0.1, 0.15) is 17.0 Å². The Hall–Kier alpha value is -3.07. The van der Waals surface area contributed by atoms with Crippen LogP contribution in [0, 0.1) is 18.2 Å². The zero-order valence-corrected chi connectivity index (χ0v) is 23.1. The van der Waals surface area contributed by atoms with E-state index in [1.807, 2.05) is 13.8 Å². The van der Waals surface area contributed by atoms with Crippen LogP contribution >= 0.6 is 0 Å². The molecule has 2 saturated heterocycles. The minimum Gasteiger partial charge on any atom is -0.444 e. The van der Waals surface area contributed by atoms with Crippen molar-refractivity contribution in [2.45, 2.75) is 90.8 Å². The van der Waals surface area contributed by atoms with Gasteiger partial charge in [0.25, 0.3) is 0 Å². The van der Waals surface area contributed by atoms with Gasteiger partial charge in [0.2, 0.25) is 11.8 Å². The number of nitrogens with one attached hydrogen (secondary N) is 1. The number of halogens is 1. The van der Waals surface area contributed by atoms with Crippen LogP contribution in [0.4, 0.5) is 9.18 Å². The first-order valence-corrected chi connectivity index (χ1v) is 13.4. The highest BCUT2D eigenvalue weighted by Gasteiger charge is 2.55. The number of benzene rings is 1. The Morgan fingerprint density at radius 2 is 1.95 bits per heavy atom. The number of amides is 3. The molecule has 3 heterocycles. The first-order valence-electron chi connectivity index (χ1n) is 13.4. The number of aromatic nitrogens is 1. The molecule has 0 saturated carbocycles. The lowest BCUT2D eigenvalue weighted by Crippen LogP contribution is -2.59. The number of fused-ring (bicyclic) bond motifs is 1. The maximum atomic E-state index is 16.4. The van der Waals surface area contributed by atoms with Crippen LogP contribution < -0.4 is 5.32 Å². The van der Waals surface area contributed by atoms with Gasteiger partial charge in [0, 0.05) is 41.6 Å². The highest BCUT2D eigenvalue weighted by molar-refractivity contribution is 6.01. The van der Waals surface area contributed by atoms with E-state index in [1.165, 1.54) is 0 Å². The first kappa shape index (κ1) is 28.0. The average molecular weight is 528 g/mol. The molecule has 0 bridgehead atoms. The molecule has 2 unspecified atom stereocenters. The van der Waals surface area contributed by atoms with Crippen LogP contribution in [0.1, 0.15) is 89.5 Å². The second-order valence-electron chi connectivity index (χ2n) is 11.7. The van der Waals surface area contributed by atoms with E-state index in [0.717, 1.165) is 0 Å².